The molecule has 1 saturated heterocycles. The van der Waals surface area contributed by atoms with Crippen molar-refractivity contribution in [3.8, 4) is 17.2 Å². The standard InChI is InChI=1S/C29H30F3NO3/c1-34-24-11-12-25-27(18-24)36-19-26(21-5-4-6-22(17-21)29(30,31)32)28(25)20-7-9-23(10-8-20)35-16-15-33-13-2-3-14-33/h4-12,17-18,26,28H,2-3,13-16,19H2,1H3/t26-,28-/m0/s1. The third-order valence-electron chi connectivity index (χ3n) is 7.13. The van der Waals surface area contributed by atoms with Gasteiger partial charge in [-0.1, -0.05) is 36.4 Å². The van der Waals surface area contributed by atoms with Crippen LogP contribution in [0.25, 0.3) is 0 Å². The first kappa shape index (κ1) is 24.5. The number of methoxy groups -OCH3 is 1. The number of hydrogen-bond donors (Lipinski definition) is 0. The number of ether oxygens (including phenoxy) is 3. The number of hydrogen-bond acceptors (Lipinski definition) is 4. The van der Waals surface area contributed by atoms with Crippen LogP contribution in [0.15, 0.2) is 66.7 Å². The Morgan fingerprint density at radius 1 is 0.917 bits per heavy atom. The van der Waals surface area contributed by atoms with E-state index in [1.807, 2.05) is 42.5 Å². The summed E-state index contributed by atoms with van der Waals surface area (Å²) in [4.78, 5) is 2.40. The van der Waals surface area contributed by atoms with Crippen molar-refractivity contribution in [2.24, 2.45) is 0 Å². The predicted molar refractivity (Wildman–Crippen MR) is 132 cm³/mol. The van der Waals surface area contributed by atoms with Crippen molar-refractivity contribution in [2.45, 2.75) is 30.9 Å². The lowest BCUT2D eigenvalue weighted by molar-refractivity contribution is -0.137. The fourth-order valence-electron chi connectivity index (χ4n) is 5.23. The van der Waals surface area contributed by atoms with Gasteiger partial charge in [-0.25, -0.2) is 0 Å². The molecule has 0 unspecified atom stereocenters. The summed E-state index contributed by atoms with van der Waals surface area (Å²) in [5, 5.41) is 0. The average Bonchev–Trinajstić information content (AvgIpc) is 3.41. The highest BCUT2D eigenvalue weighted by Gasteiger charge is 2.36. The lowest BCUT2D eigenvalue weighted by Crippen LogP contribution is -2.26. The summed E-state index contributed by atoms with van der Waals surface area (Å²) in [5.41, 5.74) is 1.87. The summed E-state index contributed by atoms with van der Waals surface area (Å²) >= 11 is 0. The fraction of sp³-hybridized carbons (Fsp3) is 0.379. The Morgan fingerprint density at radius 2 is 1.67 bits per heavy atom. The van der Waals surface area contributed by atoms with E-state index in [4.69, 9.17) is 14.2 Å². The molecule has 7 heteroatoms. The van der Waals surface area contributed by atoms with Crippen LogP contribution in [0, 0.1) is 0 Å². The largest absolute Gasteiger partial charge is 0.497 e. The molecule has 0 amide bonds. The fourth-order valence-corrected chi connectivity index (χ4v) is 5.23. The van der Waals surface area contributed by atoms with Crippen molar-refractivity contribution in [2.75, 3.05) is 40.0 Å². The van der Waals surface area contributed by atoms with Crippen molar-refractivity contribution in [3.05, 3.63) is 89.0 Å². The highest BCUT2D eigenvalue weighted by molar-refractivity contribution is 5.51. The molecule has 0 radical (unpaired) electrons. The van der Waals surface area contributed by atoms with E-state index in [9.17, 15) is 13.2 Å². The van der Waals surface area contributed by atoms with Gasteiger partial charge in [0.1, 0.15) is 23.9 Å². The first-order chi connectivity index (χ1) is 17.4. The minimum absolute atomic E-state index is 0.179. The molecule has 2 aliphatic heterocycles. The van der Waals surface area contributed by atoms with E-state index < -0.39 is 11.7 Å². The van der Waals surface area contributed by atoms with Crippen molar-refractivity contribution in [1.29, 1.82) is 0 Å². The number of benzene rings is 3. The average molecular weight is 498 g/mol. The van der Waals surface area contributed by atoms with E-state index in [1.165, 1.54) is 25.0 Å². The Balaban J connectivity index is 1.43. The second-order valence-corrected chi connectivity index (χ2v) is 9.39. The monoisotopic (exact) mass is 497 g/mol. The summed E-state index contributed by atoms with van der Waals surface area (Å²) in [7, 11) is 1.59. The maximum absolute atomic E-state index is 13.5. The van der Waals surface area contributed by atoms with Gasteiger partial charge in [0.2, 0.25) is 0 Å². The number of alkyl halides is 3. The molecule has 0 aromatic heterocycles. The summed E-state index contributed by atoms with van der Waals surface area (Å²) in [5.74, 6) is 1.69. The van der Waals surface area contributed by atoms with Crippen molar-refractivity contribution < 1.29 is 27.4 Å². The van der Waals surface area contributed by atoms with Gasteiger partial charge in [0.15, 0.2) is 0 Å². The number of likely N-dealkylation sites (tertiary alicyclic amines) is 1. The van der Waals surface area contributed by atoms with Crippen LogP contribution in [0.4, 0.5) is 13.2 Å². The van der Waals surface area contributed by atoms with Gasteiger partial charge in [-0.15, -0.1) is 0 Å². The van der Waals surface area contributed by atoms with Gasteiger partial charge in [0, 0.05) is 30.0 Å². The second-order valence-electron chi connectivity index (χ2n) is 9.39. The molecule has 2 aliphatic rings. The molecular formula is C29H30F3NO3. The number of nitrogens with zero attached hydrogens (tertiary/aromatic N) is 1. The molecule has 0 saturated carbocycles. The zero-order valence-electron chi connectivity index (χ0n) is 20.3. The number of rotatable bonds is 7. The number of halogens is 3. The highest BCUT2D eigenvalue weighted by Crippen LogP contribution is 2.47. The molecule has 5 rings (SSSR count). The Hall–Kier alpha value is -3.19. The van der Waals surface area contributed by atoms with Crippen molar-refractivity contribution in [1.82, 2.24) is 4.90 Å². The van der Waals surface area contributed by atoms with Gasteiger partial charge in [0.05, 0.1) is 19.3 Å². The van der Waals surface area contributed by atoms with Crippen molar-refractivity contribution in [3.63, 3.8) is 0 Å². The SMILES string of the molecule is COc1ccc2c(c1)OC[C@@H](c1cccc(C(F)(F)F)c1)[C@H]2c1ccc(OCCN2CCCC2)cc1. The maximum Gasteiger partial charge on any atom is 0.416 e. The third kappa shape index (κ3) is 5.31. The molecule has 2 atom stereocenters. The lowest BCUT2D eigenvalue weighted by atomic mass is 9.75. The van der Waals surface area contributed by atoms with Crippen LogP contribution in [0.1, 0.15) is 46.9 Å². The van der Waals surface area contributed by atoms with E-state index in [2.05, 4.69) is 4.90 Å². The molecule has 0 spiro atoms. The van der Waals surface area contributed by atoms with Crippen LogP contribution in [0.5, 0.6) is 17.2 Å². The molecule has 0 bridgehead atoms. The van der Waals surface area contributed by atoms with E-state index in [0.29, 0.717) is 23.7 Å². The van der Waals surface area contributed by atoms with Gasteiger partial charge >= 0.3 is 6.18 Å². The molecule has 190 valence electrons. The first-order valence-corrected chi connectivity index (χ1v) is 12.4. The van der Waals surface area contributed by atoms with Crippen LogP contribution in [0.2, 0.25) is 0 Å². The van der Waals surface area contributed by atoms with Gasteiger partial charge < -0.3 is 14.2 Å². The molecule has 36 heavy (non-hydrogen) atoms. The Bertz CT molecular complexity index is 1170. The molecule has 2 heterocycles. The summed E-state index contributed by atoms with van der Waals surface area (Å²) < 4.78 is 57.7. The molecular weight excluding hydrogens is 467 g/mol. The van der Waals surface area contributed by atoms with E-state index in [-0.39, 0.29) is 18.4 Å². The third-order valence-corrected chi connectivity index (χ3v) is 7.13. The topological polar surface area (TPSA) is 30.9 Å². The first-order valence-electron chi connectivity index (χ1n) is 12.4. The minimum atomic E-state index is -4.40. The smallest absolute Gasteiger partial charge is 0.416 e. The van der Waals surface area contributed by atoms with Crippen molar-refractivity contribution >= 4 is 0 Å². The Labute approximate surface area is 209 Å². The maximum atomic E-state index is 13.5. The zero-order valence-corrected chi connectivity index (χ0v) is 20.3. The molecule has 0 aliphatic carbocycles. The van der Waals surface area contributed by atoms with E-state index >= 15 is 0 Å². The van der Waals surface area contributed by atoms with Gasteiger partial charge in [-0.3, -0.25) is 4.90 Å². The minimum Gasteiger partial charge on any atom is -0.497 e. The second kappa shape index (κ2) is 10.4. The zero-order chi connectivity index (χ0) is 25.1. The highest BCUT2D eigenvalue weighted by atomic mass is 19.4. The van der Waals surface area contributed by atoms with E-state index in [1.54, 1.807) is 13.2 Å². The quantitative estimate of drug-likeness (QED) is 0.373. The lowest BCUT2D eigenvalue weighted by Gasteiger charge is -2.35. The molecule has 0 N–H and O–H groups in total. The summed E-state index contributed by atoms with van der Waals surface area (Å²) in [6, 6.07) is 19.1. The molecule has 4 nitrogen and oxygen atoms in total. The van der Waals surface area contributed by atoms with Crippen LogP contribution in [-0.4, -0.2) is 44.9 Å². The van der Waals surface area contributed by atoms with Gasteiger partial charge in [-0.05, 0) is 61.3 Å². The Morgan fingerprint density at radius 3 is 2.39 bits per heavy atom. The summed E-state index contributed by atoms with van der Waals surface area (Å²) in [6.45, 7) is 4.07. The molecule has 3 aromatic carbocycles. The number of fused-ring (bicyclic) bond motifs is 1. The van der Waals surface area contributed by atoms with Gasteiger partial charge in [-0.2, -0.15) is 13.2 Å². The van der Waals surface area contributed by atoms with Crippen LogP contribution in [-0.2, 0) is 6.18 Å². The predicted octanol–water partition coefficient (Wildman–Crippen LogP) is 6.50. The molecule has 1 fully saturated rings. The van der Waals surface area contributed by atoms with Crippen LogP contribution < -0.4 is 14.2 Å². The van der Waals surface area contributed by atoms with Crippen LogP contribution in [0.3, 0.4) is 0 Å². The summed E-state index contributed by atoms with van der Waals surface area (Å²) in [6.07, 6.45) is -1.90. The van der Waals surface area contributed by atoms with Gasteiger partial charge in [0.25, 0.3) is 0 Å². The Kier molecular flexibility index (Phi) is 7.10. The molecule has 3 aromatic rings. The van der Waals surface area contributed by atoms with E-state index in [0.717, 1.165) is 42.6 Å². The normalized spacial score (nSPS) is 20.0. The van der Waals surface area contributed by atoms with Crippen LogP contribution >= 0.6 is 0 Å².